The van der Waals surface area contributed by atoms with Crippen molar-refractivity contribution in [3.05, 3.63) is 11.1 Å². The number of rotatable bonds is 4. The van der Waals surface area contributed by atoms with E-state index in [1.54, 1.807) is 11.3 Å². The maximum absolute atomic E-state index is 5.59. The molecule has 2 nitrogen and oxygen atoms in total. The second kappa shape index (κ2) is 4.67. The van der Waals surface area contributed by atoms with Crippen molar-refractivity contribution < 1.29 is 0 Å². The van der Waals surface area contributed by atoms with Crippen molar-refractivity contribution in [3.8, 4) is 0 Å². The first-order valence-electron chi connectivity index (χ1n) is 3.91. The molecule has 0 aliphatic rings. The summed E-state index contributed by atoms with van der Waals surface area (Å²) in [6.07, 6.45) is 2.01. The summed E-state index contributed by atoms with van der Waals surface area (Å²) in [5.74, 6) is 0.717. The van der Waals surface area contributed by atoms with Crippen LogP contribution in [0.2, 0.25) is 0 Å². The van der Waals surface area contributed by atoms with Gasteiger partial charge in [0.05, 0.1) is 5.69 Å². The van der Waals surface area contributed by atoms with Gasteiger partial charge in [0.25, 0.3) is 0 Å². The molecule has 0 aliphatic heterocycles. The first-order valence-corrected chi connectivity index (χ1v) is 5.33. The monoisotopic (exact) mass is 204 g/mol. The summed E-state index contributed by atoms with van der Waals surface area (Å²) in [4.78, 5) is 6.46. The maximum atomic E-state index is 5.59. The van der Waals surface area contributed by atoms with Crippen LogP contribution in [0.5, 0.6) is 0 Å². The van der Waals surface area contributed by atoms with E-state index in [1.165, 1.54) is 0 Å². The Labute approximate surface area is 82.2 Å². The molecule has 0 amide bonds. The number of nitrogens with zero attached hydrogens (tertiary/aromatic N) is 2. The average Bonchev–Trinajstić information content (AvgIpc) is 2.48. The molecule has 0 radical (unpaired) electrons. The zero-order valence-electron chi connectivity index (χ0n) is 7.38. The zero-order chi connectivity index (χ0) is 8.97. The lowest BCUT2D eigenvalue weighted by Crippen LogP contribution is -2.08. The Hall–Kier alpha value is -0.280. The topological polar surface area (TPSA) is 16.1 Å². The van der Waals surface area contributed by atoms with Gasteiger partial charge in [0, 0.05) is 25.4 Å². The van der Waals surface area contributed by atoms with Crippen molar-refractivity contribution in [2.45, 2.75) is 12.8 Å². The Morgan fingerprint density at radius 2 is 2.33 bits per heavy atom. The molecule has 0 bridgehead atoms. The van der Waals surface area contributed by atoms with Crippen molar-refractivity contribution in [1.29, 1.82) is 0 Å². The molecule has 0 N–H and O–H groups in total. The summed E-state index contributed by atoms with van der Waals surface area (Å²) in [5.41, 5.74) is 1.16. The van der Waals surface area contributed by atoms with E-state index in [2.05, 4.69) is 10.4 Å². The van der Waals surface area contributed by atoms with E-state index in [1.807, 2.05) is 19.0 Å². The lowest BCUT2D eigenvalue weighted by molar-refractivity contribution is 0.894. The van der Waals surface area contributed by atoms with Gasteiger partial charge in [0.1, 0.15) is 0 Å². The van der Waals surface area contributed by atoms with Crippen LogP contribution in [0.3, 0.4) is 0 Å². The van der Waals surface area contributed by atoms with Crippen LogP contribution < -0.4 is 4.90 Å². The number of thiazole rings is 1. The fraction of sp³-hybridized carbons (Fsp3) is 0.625. The summed E-state index contributed by atoms with van der Waals surface area (Å²) >= 11 is 7.27. The maximum Gasteiger partial charge on any atom is 0.184 e. The van der Waals surface area contributed by atoms with E-state index >= 15 is 0 Å². The Kier molecular flexibility index (Phi) is 3.82. The molecule has 12 heavy (non-hydrogen) atoms. The van der Waals surface area contributed by atoms with Crippen molar-refractivity contribution in [3.63, 3.8) is 0 Å². The van der Waals surface area contributed by atoms with Gasteiger partial charge in [-0.2, -0.15) is 0 Å². The van der Waals surface area contributed by atoms with Crippen molar-refractivity contribution >= 4 is 28.1 Å². The first-order chi connectivity index (χ1) is 5.74. The molecule has 0 unspecified atom stereocenters. The summed E-state index contributed by atoms with van der Waals surface area (Å²) in [6, 6.07) is 0. The number of alkyl halides is 1. The van der Waals surface area contributed by atoms with Crippen LogP contribution in [-0.2, 0) is 6.42 Å². The standard InChI is InChI=1S/C8H13ClN2S/c1-11(2)8-10-7(6-12-8)4-3-5-9/h6H,3-5H2,1-2H3. The van der Waals surface area contributed by atoms with Crippen LogP contribution in [0.25, 0.3) is 0 Å². The van der Waals surface area contributed by atoms with E-state index in [-0.39, 0.29) is 0 Å². The molecule has 0 spiro atoms. The second-order valence-corrected chi connectivity index (χ2v) is 4.02. The summed E-state index contributed by atoms with van der Waals surface area (Å²) in [6.45, 7) is 0. The van der Waals surface area contributed by atoms with Gasteiger partial charge in [0.2, 0.25) is 0 Å². The number of halogens is 1. The van der Waals surface area contributed by atoms with Crippen LogP contribution in [0, 0.1) is 0 Å². The highest BCUT2D eigenvalue weighted by molar-refractivity contribution is 7.13. The zero-order valence-corrected chi connectivity index (χ0v) is 8.95. The number of anilines is 1. The predicted molar refractivity (Wildman–Crippen MR) is 55.5 cm³/mol. The molecule has 0 saturated heterocycles. The molecule has 1 aromatic heterocycles. The van der Waals surface area contributed by atoms with Gasteiger partial charge in [-0.05, 0) is 12.8 Å². The molecule has 0 fully saturated rings. The van der Waals surface area contributed by atoms with Crippen LogP contribution in [-0.4, -0.2) is 25.0 Å². The minimum Gasteiger partial charge on any atom is -0.354 e. The number of hydrogen-bond acceptors (Lipinski definition) is 3. The number of aryl methyl sites for hydroxylation is 1. The Bertz CT molecular complexity index is 235. The highest BCUT2D eigenvalue weighted by Crippen LogP contribution is 2.18. The SMILES string of the molecule is CN(C)c1nc(CCCCl)cs1. The van der Waals surface area contributed by atoms with Crippen molar-refractivity contribution in [2.75, 3.05) is 24.9 Å². The summed E-state index contributed by atoms with van der Waals surface area (Å²) in [5, 5.41) is 3.17. The fourth-order valence-corrected chi connectivity index (χ4v) is 1.79. The number of aromatic nitrogens is 1. The van der Waals surface area contributed by atoms with Crippen LogP contribution >= 0.6 is 22.9 Å². The molecule has 0 saturated carbocycles. The molecule has 68 valence electrons. The van der Waals surface area contributed by atoms with E-state index in [0.717, 1.165) is 29.5 Å². The lowest BCUT2D eigenvalue weighted by Gasteiger charge is -2.05. The quantitative estimate of drug-likeness (QED) is 0.701. The van der Waals surface area contributed by atoms with Gasteiger partial charge in [-0.25, -0.2) is 4.98 Å². The van der Waals surface area contributed by atoms with Gasteiger partial charge in [-0.1, -0.05) is 0 Å². The van der Waals surface area contributed by atoms with Crippen molar-refractivity contribution in [2.24, 2.45) is 0 Å². The van der Waals surface area contributed by atoms with E-state index in [0.29, 0.717) is 0 Å². The smallest absolute Gasteiger partial charge is 0.184 e. The molecule has 0 aliphatic carbocycles. The molecule has 0 atom stereocenters. The predicted octanol–water partition coefficient (Wildman–Crippen LogP) is 2.38. The third kappa shape index (κ3) is 2.64. The highest BCUT2D eigenvalue weighted by atomic mass is 35.5. The van der Waals surface area contributed by atoms with E-state index in [9.17, 15) is 0 Å². The second-order valence-electron chi connectivity index (χ2n) is 2.81. The van der Waals surface area contributed by atoms with Gasteiger partial charge in [0.15, 0.2) is 5.13 Å². The molecule has 0 aromatic carbocycles. The summed E-state index contributed by atoms with van der Waals surface area (Å²) < 4.78 is 0. The van der Waals surface area contributed by atoms with Crippen LogP contribution in [0.4, 0.5) is 5.13 Å². The largest absolute Gasteiger partial charge is 0.354 e. The molecule has 1 heterocycles. The molecule has 1 rings (SSSR count). The van der Waals surface area contributed by atoms with E-state index < -0.39 is 0 Å². The summed E-state index contributed by atoms with van der Waals surface area (Å²) in [7, 11) is 4.01. The van der Waals surface area contributed by atoms with Crippen LogP contribution in [0.15, 0.2) is 5.38 Å². The minimum absolute atomic E-state index is 0.717. The van der Waals surface area contributed by atoms with Gasteiger partial charge in [-0.3, -0.25) is 0 Å². The average molecular weight is 205 g/mol. The Morgan fingerprint density at radius 3 is 2.83 bits per heavy atom. The minimum atomic E-state index is 0.717. The van der Waals surface area contributed by atoms with Gasteiger partial charge >= 0.3 is 0 Å². The van der Waals surface area contributed by atoms with Crippen molar-refractivity contribution in [1.82, 2.24) is 4.98 Å². The first kappa shape index (κ1) is 9.81. The van der Waals surface area contributed by atoms with Gasteiger partial charge < -0.3 is 4.90 Å². The molecule has 1 aromatic rings. The Morgan fingerprint density at radius 1 is 1.58 bits per heavy atom. The Balaban J connectivity index is 2.52. The number of hydrogen-bond donors (Lipinski definition) is 0. The third-order valence-corrected chi connectivity index (χ3v) is 2.81. The van der Waals surface area contributed by atoms with E-state index in [4.69, 9.17) is 11.6 Å². The van der Waals surface area contributed by atoms with Crippen LogP contribution in [0.1, 0.15) is 12.1 Å². The van der Waals surface area contributed by atoms with Gasteiger partial charge in [-0.15, -0.1) is 22.9 Å². The third-order valence-electron chi connectivity index (χ3n) is 1.49. The molecule has 4 heteroatoms. The highest BCUT2D eigenvalue weighted by Gasteiger charge is 2.02. The molecular formula is C8H13ClN2S. The normalized spacial score (nSPS) is 10.2. The lowest BCUT2D eigenvalue weighted by atomic mass is 10.3. The molecular weight excluding hydrogens is 192 g/mol. The fourth-order valence-electron chi connectivity index (χ4n) is 0.864.